The smallest absolute Gasteiger partial charge is 0.224 e. The molecule has 0 aromatic heterocycles. The van der Waals surface area contributed by atoms with Crippen LogP contribution in [-0.4, -0.2) is 19.0 Å². The summed E-state index contributed by atoms with van der Waals surface area (Å²) in [5.74, 6) is 0.242. The lowest BCUT2D eigenvalue weighted by atomic mass is 10.1. The van der Waals surface area contributed by atoms with Crippen LogP contribution in [0, 0.1) is 5.92 Å². The molecule has 2 N–H and O–H groups in total. The number of halogens is 1. The van der Waals surface area contributed by atoms with Crippen molar-refractivity contribution in [3.63, 3.8) is 0 Å². The van der Waals surface area contributed by atoms with E-state index >= 15 is 0 Å². The van der Waals surface area contributed by atoms with Crippen LogP contribution in [0.4, 0.5) is 0 Å². The van der Waals surface area contributed by atoms with Crippen molar-refractivity contribution in [1.82, 2.24) is 10.6 Å². The van der Waals surface area contributed by atoms with Gasteiger partial charge in [-0.15, -0.1) is 12.4 Å². The second-order valence-electron chi connectivity index (χ2n) is 6.15. The van der Waals surface area contributed by atoms with E-state index < -0.39 is 0 Å². The predicted octanol–water partition coefficient (Wildman–Crippen LogP) is 3.05. The largest absolute Gasteiger partial charge is 0.372 e. The molecule has 0 aliphatic carbocycles. The molecule has 1 aliphatic rings. The highest BCUT2D eigenvalue weighted by atomic mass is 35.5. The molecule has 1 unspecified atom stereocenters. The van der Waals surface area contributed by atoms with Crippen molar-refractivity contribution in [1.29, 1.82) is 0 Å². The van der Waals surface area contributed by atoms with Crippen LogP contribution in [0.2, 0.25) is 0 Å². The highest BCUT2D eigenvalue weighted by molar-refractivity contribution is 5.85. The van der Waals surface area contributed by atoms with Crippen molar-refractivity contribution in [2.24, 2.45) is 5.92 Å². The average molecular weight is 361 g/mol. The first kappa shape index (κ1) is 19.4. The first-order valence-electron chi connectivity index (χ1n) is 8.50. The first-order chi connectivity index (χ1) is 11.8. The third-order valence-corrected chi connectivity index (χ3v) is 4.37. The van der Waals surface area contributed by atoms with Gasteiger partial charge in [-0.2, -0.15) is 0 Å². The summed E-state index contributed by atoms with van der Waals surface area (Å²) in [6.07, 6.45) is 0.924. The Labute approximate surface area is 155 Å². The molecule has 0 radical (unpaired) electrons. The number of rotatable bonds is 7. The third-order valence-electron chi connectivity index (χ3n) is 4.37. The Morgan fingerprint density at radius 1 is 1.04 bits per heavy atom. The van der Waals surface area contributed by atoms with Crippen LogP contribution in [0.15, 0.2) is 54.6 Å². The molecular formula is C20H25ClN2O2. The highest BCUT2D eigenvalue weighted by Crippen LogP contribution is 2.13. The van der Waals surface area contributed by atoms with E-state index in [0.717, 1.165) is 36.2 Å². The van der Waals surface area contributed by atoms with Crippen LogP contribution in [0.3, 0.4) is 0 Å². The zero-order valence-electron chi connectivity index (χ0n) is 14.2. The molecule has 2 aromatic rings. The normalized spacial score (nSPS) is 16.2. The van der Waals surface area contributed by atoms with Gasteiger partial charge in [0, 0.05) is 13.1 Å². The Balaban J connectivity index is 0.00000225. The average Bonchev–Trinajstić information content (AvgIpc) is 3.16. The van der Waals surface area contributed by atoms with Gasteiger partial charge in [0.2, 0.25) is 5.91 Å². The molecule has 0 spiro atoms. The molecule has 1 saturated heterocycles. The SMILES string of the molecule is Cl.O=C(NCc1ccccc1COCc1ccccc1)C1CCNC1. The van der Waals surface area contributed by atoms with E-state index in [9.17, 15) is 4.79 Å². The third kappa shape index (κ3) is 5.85. The van der Waals surface area contributed by atoms with E-state index in [1.165, 1.54) is 0 Å². The van der Waals surface area contributed by atoms with Crippen molar-refractivity contribution in [2.45, 2.75) is 26.2 Å². The standard InChI is InChI=1S/C20H24N2O2.ClH/c23-20(18-10-11-21-12-18)22-13-17-8-4-5-9-19(17)15-24-14-16-6-2-1-3-7-16;/h1-9,18,21H,10-15H2,(H,22,23);1H. The van der Waals surface area contributed by atoms with Crippen molar-refractivity contribution in [2.75, 3.05) is 13.1 Å². The van der Waals surface area contributed by atoms with E-state index in [1.54, 1.807) is 0 Å². The Morgan fingerprint density at radius 3 is 2.48 bits per heavy atom. The van der Waals surface area contributed by atoms with Crippen molar-refractivity contribution in [3.05, 3.63) is 71.3 Å². The second kappa shape index (κ2) is 10.2. The summed E-state index contributed by atoms with van der Waals surface area (Å²) >= 11 is 0. The highest BCUT2D eigenvalue weighted by Gasteiger charge is 2.21. The summed E-state index contributed by atoms with van der Waals surface area (Å²) in [6, 6.07) is 18.3. The summed E-state index contributed by atoms with van der Waals surface area (Å²) in [5, 5.41) is 6.28. The maximum absolute atomic E-state index is 12.1. The molecule has 25 heavy (non-hydrogen) atoms. The monoisotopic (exact) mass is 360 g/mol. The van der Waals surface area contributed by atoms with E-state index in [0.29, 0.717) is 19.8 Å². The van der Waals surface area contributed by atoms with E-state index in [-0.39, 0.29) is 24.2 Å². The second-order valence-corrected chi connectivity index (χ2v) is 6.15. The summed E-state index contributed by atoms with van der Waals surface area (Å²) in [4.78, 5) is 12.1. The molecule has 1 fully saturated rings. The topological polar surface area (TPSA) is 50.4 Å². The fourth-order valence-corrected chi connectivity index (χ4v) is 2.93. The van der Waals surface area contributed by atoms with Gasteiger partial charge in [0.05, 0.1) is 19.1 Å². The molecule has 1 atom stereocenters. The first-order valence-corrected chi connectivity index (χ1v) is 8.50. The molecule has 3 rings (SSSR count). The predicted molar refractivity (Wildman–Crippen MR) is 101 cm³/mol. The van der Waals surface area contributed by atoms with Crippen LogP contribution in [0.5, 0.6) is 0 Å². The molecule has 5 heteroatoms. The van der Waals surface area contributed by atoms with Crippen LogP contribution in [-0.2, 0) is 29.3 Å². The van der Waals surface area contributed by atoms with Crippen LogP contribution in [0.1, 0.15) is 23.1 Å². The van der Waals surface area contributed by atoms with Gasteiger partial charge in [0.1, 0.15) is 0 Å². The number of hydrogen-bond acceptors (Lipinski definition) is 3. The molecule has 1 amide bonds. The van der Waals surface area contributed by atoms with Crippen LogP contribution >= 0.6 is 12.4 Å². The minimum atomic E-state index is 0. The lowest BCUT2D eigenvalue weighted by Crippen LogP contribution is -2.31. The van der Waals surface area contributed by atoms with Gasteiger partial charge in [-0.3, -0.25) is 4.79 Å². The number of carbonyl (C=O) groups excluding carboxylic acids is 1. The number of hydrogen-bond donors (Lipinski definition) is 2. The molecule has 4 nitrogen and oxygen atoms in total. The molecule has 1 aliphatic heterocycles. The lowest BCUT2D eigenvalue weighted by molar-refractivity contribution is -0.124. The summed E-state index contributed by atoms with van der Waals surface area (Å²) in [7, 11) is 0. The van der Waals surface area contributed by atoms with Gasteiger partial charge >= 0.3 is 0 Å². The van der Waals surface area contributed by atoms with Gasteiger partial charge < -0.3 is 15.4 Å². The van der Waals surface area contributed by atoms with Crippen molar-refractivity contribution >= 4 is 18.3 Å². The van der Waals surface area contributed by atoms with Gasteiger partial charge in [0.15, 0.2) is 0 Å². The Bertz CT molecular complexity index is 658. The maximum Gasteiger partial charge on any atom is 0.224 e. The molecule has 134 valence electrons. The van der Waals surface area contributed by atoms with E-state index in [2.05, 4.69) is 28.8 Å². The zero-order valence-corrected chi connectivity index (χ0v) is 15.1. The van der Waals surface area contributed by atoms with Gasteiger partial charge in [-0.1, -0.05) is 54.6 Å². The molecular weight excluding hydrogens is 336 g/mol. The maximum atomic E-state index is 12.1. The minimum Gasteiger partial charge on any atom is -0.372 e. The fourth-order valence-electron chi connectivity index (χ4n) is 2.93. The molecule has 1 heterocycles. The summed E-state index contributed by atoms with van der Waals surface area (Å²) < 4.78 is 5.83. The van der Waals surface area contributed by atoms with E-state index in [1.807, 2.05) is 36.4 Å². The van der Waals surface area contributed by atoms with Gasteiger partial charge in [-0.05, 0) is 29.7 Å². The number of benzene rings is 2. The zero-order chi connectivity index (χ0) is 16.6. The van der Waals surface area contributed by atoms with Crippen LogP contribution < -0.4 is 10.6 Å². The van der Waals surface area contributed by atoms with Crippen molar-refractivity contribution < 1.29 is 9.53 Å². The molecule has 0 bridgehead atoms. The number of carbonyl (C=O) groups is 1. The summed E-state index contributed by atoms with van der Waals surface area (Å²) in [6.45, 7) is 3.41. The lowest BCUT2D eigenvalue weighted by Gasteiger charge is -2.13. The Hall–Kier alpha value is -1.88. The molecule has 2 aromatic carbocycles. The number of amides is 1. The molecule has 0 saturated carbocycles. The van der Waals surface area contributed by atoms with Crippen molar-refractivity contribution in [3.8, 4) is 0 Å². The number of nitrogens with one attached hydrogen (secondary N) is 2. The van der Waals surface area contributed by atoms with Gasteiger partial charge in [-0.25, -0.2) is 0 Å². The van der Waals surface area contributed by atoms with Crippen LogP contribution in [0.25, 0.3) is 0 Å². The Morgan fingerprint density at radius 2 is 1.76 bits per heavy atom. The Kier molecular flexibility index (Phi) is 7.92. The summed E-state index contributed by atoms with van der Waals surface area (Å²) in [5.41, 5.74) is 3.40. The minimum absolute atomic E-state index is 0. The van der Waals surface area contributed by atoms with Gasteiger partial charge in [0.25, 0.3) is 0 Å². The number of ether oxygens (including phenoxy) is 1. The quantitative estimate of drug-likeness (QED) is 0.798. The van der Waals surface area contributed by atoms with E-state index in [4.69, 9.17) is 4.74 Å². The fraction of sp³-hybridized carbons (Fsp3) is 0.350.